The van der Waals surface area contributed by atoms with E-state index in [4.69, 9.17) is 5.73 Å². The Morgan fingerprint density at radius 3 is 2.65 bits per heavy atom. The molecule has 1 aromatic heterocycles. The third-order valence-corrected chi connectivity index (χ3v) is 3.02. The van der Waals surface area contributed by atoms with Crippen molar-refractivity contribution in [1.29, 1.82) is 0 Å². The monoisotopic (exact) mass is 225 g/mol. The maximum absolute atomic E-state index is 5.51. The largest absolute Gasteiger partial charge is 0.342 e. The summed E-state index contributed by atoms with van der Waals surface area (Å²) in [6.07, 6.45) is 1.89. The Kier molecular flexibility index (Phi) is 2.53. The predicted molar refractivity (Wildman–Crippen MR) is 71.0 cm³/mol. The molecule has 0 saturated heterocycles. The molecule has 0 saturated carbocycles. The minimum Gasteiger partial charge on any atom is -0.342 e. The number of nitrogens with zero attached hydrogens (tertiary/aromatic N) is 1. The standard InChI is InChI=1S/C14H15N3/c15-7-3-6-14-16-12-8-10-4-1-2-5-11(10)9-13(12)17-14/h1-2,4-5,8-9H,3,6-7,15H2,(H,16,17). The van der Waals surface area contributed by atoms with Gasteiger partial charge in [-0.2, -0.15) is 0 Å². The average Bonchev–Trinajstić information content (AvgIpc) is 2.75. The first-order chi connectivity index (χ1) is 8.36. The number of rotatable bonds is 3. The number of fused-ring (bicyclic) bond motifs is 2. The van der Waals surface area contributed by atoms with Crippen molar-refractivity contribution < 1.29 is 0 Å². The van der Waals surface area contributed by atoms with E-state index >= 15 is 0 Å². The Morgan fingerprint density at radius 2 is 1.88 bits per heavy atom. The molecule has 2 aromatic carbocycles. The third-order valence-electron chi connectivity index (χ3n) is 3.02. The van der Waals surface area contributed by atoms with Crippen molar-refractivity contribution in [3.8, 4) is 0 Å². The van der Waals surface area contributed by atoms with Crippen LogP contribution in [0, 0.1) is 0 Å². The lowest BCUT2D eigenvalue weighted by molar-refractivity contribution is 0.796. The molecular weight excluding hydrogens is 210 g/mol. The lowest BCUT2D eigenvalue weighted by Crippen LogP contribution is -2.01. The first-order valence-electron chi connectivity index (χ1n) is 5.94. The van der Waals surface area contributed by atoms with Crippen molar-refractivity contribution in [2.45, 2.75) is 12.8 Å². The number of nitrogens with two attached hydrogens (primary N) is 1. The van der Waals surface area contributed by atoms with E-state index in [9.17, 15) is 0 Å². The maximum Gasteiger partial charge on any atom is 0.107 e. The van der Waals surface area contributed by atoms with Crippen LogP contribution in [-0.2, 0) is 6.42 Å². The molecule has 3 N–H and O–H groups in total. The van der Waals surface area contributed by atoms with Crippen LogP contribution in [0.3, 0.4) is 0 Å². The van der Waals surface area contributed by atoms with E-state index in [2.05, 4.69) is 46.4 Å². The lowest BCUT2D eigenvalue weighted by atomic mass is 10.1. The number of hydrogen-bond donors (Lipinski definition) is 2. The van der Waals surface area contributed by atoms with Crippen molar-refractivity contribution in [3.63, 3.8) is 0 Å². The molecular formula is C14H15N3. The highest BCUT2D eigenvalue weighted by atomic mass is 14.9. The Bertz CT molecular complexity index is 602. The van der Waals surface area contributed by atoms with E-state index in [1.807, 2.05) is 0 Å². The molecule has 3 aromatic rings. The first kappa shape index (κ1) is 10.3. The second-order valence-corrected chi connectivity index (χ2v) is 4.29. The highest BCUT2D eigenvalue weighted by Gasteiger charge is 2.03. The van der Waals surface area contributed by atoms with Gasteiger partial charge in [0.2, 0.25) is 0 Å². The topological polar surface area (TPSA) is 54.7 Å². The van der Waals surface area contributed by atoms with Gasteiger partial charge in [-0.15, -0.1) is 0 Å². The Morgan fingerprint density at radius 1 is 1.12 bits per heavy atom. The summed E-state index contributed by atoms with van der Waals surface area (Å²) in [6, 6.07) is 12.6. The van der Waals surface area contributed by atoms with Crippen LogP contribution < -0.4 is 5.73 Å². The summed E-state index contributed by atoms with van der Waals surface area (Å²) in [5.41, 5.74) is 7.66. The number of aromatic amines is 1. The molecule has 0 aliphatic carbocycles. The molecule has 0 radical (unpaired) electrons. The van der Waals surface area contributed by atoms with Crippen molar-refractivity contribution in [2.75, 3.05) is 6.54 Å². The number of aryl methyl sites for hydroxylation is 1. The molecule has 3 nitrogen and oxygen atoms in total. The smallest absolute Gasteiger partial charge is 0.107 e. The van der Waals surface area contributed by atoms with Crippen LogP contribution in [0.1, 0.15) is 12.2 Å². The molecule has 17 heavy (non-hydrogen) atoms. The van der Waals surface area contributed by atoms with Gasteiger partial charge in [-0.25, -0.2) is 4.98 Å². The van der Waals surface area contributed by atoms with E-state index in [0.29, 0.717) is 6.54 Å². The van der Waals surface area contributed by atoms with Gasteiger partial charge >= 0.3 is 0 Å². The van der Waals surface area contributed by atoms with Gasteiger partial charge in [-0.3, -0.25) is 0 Å². The van der Waals surface area contributed by atoms with Gasteiger partial charge in [0.15, 0.2) is 0 Å². The van der Waals surface area contributed by atoms with Crippen LogP contribution in [0.25, 0.3) is 21.8 Å². The second kappa shape index (κ2) is 4.18. The van der Waals surface area contributed by atoms with Gasteiger partial charge in [0, 0.05) is 6.42 Å². The minimum absolute atomic E-state index is 0.707. The summed E-state index contributed by atoms with van der Waals surface area (Å²) in [6.45, 7) is 0.707. The van der Waals surface area contributed by atoms with Gasteiger partial charge in [-0.05, 0) is 35.9 Å². The van der Waals surface area contributed by atoms with Gasteiger partial charge in [-0.1, -0.05) is 24.3 Å². The molecule has 0 unspecified atom stereocenters. The zero-order valence-corrected chi connectivity index (χ0v) is 9.61. The molecule has 0 atom stereocenters. The van der Waals surface area contributed by atoms with Crippen LogP contribution in [0.4, 0.5) is 0 Å². The average molecular weight is 225 g/mol. The summed E-state index contributed by atoms with van der Waals surface area (Å²) in [7, 11) is 0. The van der Waals surface area contributed by atoms with Crippen molar-refractivity contribution in [2.24, 2.45) is 5.73 Å². The molecule has 0 spiro atoms. The minimum atomic E-state index is 0.707. The van der Waals surface area contributed by atoms with Gasteiger partial charge in [0.1, 0.15) is 5.82 Å². The summed E-state index contributed by atoms with van der Waals surface area (Å²) < 4.78 is 0. The molecule has 1 heterocycles. The fourth-order valence-electron chi connectivity index (χ4n) is 2.14. The fourth-order valence-corrected chi connectivity index (χ4v) is 2.14. The molecule has 3 heteroatoms. The maximum atomic E-state index is 5.51. The van der Waals surface area contributed by atoms with Crippen LogP contribution in [0.15, 0.2) is 36.4 Å². The van der Waals surface area contributed by atoms with Crippen molar-refractivity contribution >= 4 is 21.8 Å². The molecule has 3 rings (SSSR count). The van der Waals surface area contributed by atoms with E-state index in [0.717, 1.165) is 29.7 Å². The number of H-pyrrole nitrogens is 1. The number of benzene rings is 2. The van der Waals surface area contributed by atoms with Crippen molar-refractivity contribution in [3.05, 3.63) is 42.2 Å². The summed E-state index contributed by atoms with van der Waals surface area (Å²) in [4.78, 5) is 7.95. The second-order valence-electron chi connectivity index (χ2n) is 4.29. The quantitative estimate of drug-likeness (QED) is 0.720. The predicted octanol–water partition coefficient (Wildman–Crippen LogP) is 2.61. The number of imidazole rings is 1. The third kappa shape index (κ3) is 1.89. The zero-order valence-electron chi connectivity index (χ0n) is 9.61. The highest BCUT2D eigenvalue weighted by molar-refractivity contribution is 5.95. The SMILES string of the molecule is NCCCc1nc2cc3ccccc3cc2[nH]1. The number of hydrogen-bond acceptors (Lipinski definition) is 2. The van der Waals surface area contributed by atoms with Gasteiger partial charge in [0.05, 0.1) is 11.0 Å². The van der Waals surface area contributed by atoms with Crippen LogP contribution in [0.5, 0.6) is 0 Å². The Balaban J connectivity index is 2.11. The molecule has 0 fully saturated rings. The van der Waals surface area contributed by atoms with Gasteiger partial charge < -0.3 is 10.7 Å². The Labute approximate surface area is 99.7 Å². The van der Waals surface area contributed by atoms with E-state index in [1.54, 1.807) is 0 Å². The normalized spacial score (nSPS) is 11.4. The highest BCUT2D eigenvalue weighted by Crippen LogP contribution is 2.21. The first-order valence-corrected chi connectivity index (χ1v) is 5.94. The molecule has 0 amide bonds. The van der Waals surface area contributed by atoms with Crippen molar-refractivity contribution in [1.82, 2.24) is 9.97 Å². The number of nitrogens with one attached hydrogen (secondary N) is 1. The molecule has 0 bridgehead atoms. The number of aromatic nitrogens is 2. The zero-order chi connectivity index (χ0) is 11.7. The van der Waals surface area contributed by atoms with E-state index in [-0.39, 0.29) is 0 Å². The Hall–Kier alpha value is -1.87. The fraction of sp³-hybridized carbons (Fsp3) is 0.214. The molecule has 0 aliphatic rings. The molecule has 86 valence electrons. The van der Waals surface area contributed by atoms with Crippen LogP contribution in [-0.4, -0.2) is 16.5 Å². The summed E-state index contributed by atoms with van der Waals surface area (Å²) in [5, 5.41) is 2.48. The summed E-state index contributed by atoms with van der Waals surface area (Å²) in [5.74, 6) is 1.03. The summed E-state index contributed by atoms with van der Waals surface area (Å²) >= 11 is 0. The van der Waals surface area contributed by atoms with E-state index in [1.165, 1.54) is 10.8 Å². The van der Waals surface area contributed by atoms with E-state index < -0.39 is 0 Å². The lowest BCUT2D eigenvalue weighted by Gasteiger charge is -1.95. The molecule has 0 aliphatic heterocycles. The van der Waals surface area contributed by atoms with Gasteiger partial charge in [0.25, 0.3) is 0 Å². The van der Waals surface area contributed by atoms with Crippen LogP contribution >= 0.6 is 0 Å². The van der Waals surface area contributed by atoms with Crippen LogP contribution in [0.2, 0.25) is 0 Å².